The van der Waals surface area contributed by atoms with E-state index in [0.29, 0.717) is 12.1 Å². The van der Waals surface area contributed by atoms with Crippen molar-refractivity contribution in [3.05, 3.63) is 52.7 Å². The normalized spacial score (nSPS) is 21.0. The standard InChI is InChI=1S/C25H31N3O5S/c1-17-19(4-5-20-21(17)15-33-24(20)30)22(29)14-27-10-7-25(8-11-27)9-12-28(16-25)23-6-3-18(13-26-23)34(2,31)32/h3-6,13,22,29H,7-12,14-16H2,1-2H3/t22-/m1/s1. The highest BCUT2D eigenvalue weighted by molar-refractivity contribution is 7.90. The molecule has 5 rings (SSSR count). The lowest BCUT2D eigenvalue weighted by molar-refractivity contribution is 0.0534. The van der Waals surface area contributed by atoms with Gasteiger partial charge in [-0.3, -0.25) is 0 Å². The number of fused-ring (bicyclic) bond motifs is 1. The monoisotopic (exact) mass is 485 g/mol. The first-order valence-electron chi connectivity index (χ1n) is 11.8. The predicted octanol–water partition coefficient (Wildman–Crippen LogP) is 2.49. The van der Waals surface area contributed by atoms with E-state index in [1.807, 2.05) is 13.0 Å². The van der Waals surface area contributed by atoms with Gasteiger partial charge in [0.05, 0.1) is 16.6 Å². The smallest absolute Gasteiger partial charge is 0.338 e. The Morgan fingerprint density at radius 2 is 1.88 bits per heavy atom. The van der Waals surface area contributed by atoms with Gasteiger partial charge in [0.15, 0.2) is 9.84 Å². The van der Waals surface area contributed by atoms with E-state index in [2.05, 4.69) is 14.8 Å². The molecule has 0 saturated carbocycles. The number of ether oxygens (including phenoxy) is 1. The molecule has 3 aliphatic rings. The molecular weight excluding hydrogens is 454 g/mol. The molecule has 9 heteroatoms. The lowest BCUT2D eigenvalue weighted by Crippen LogP contribution is -2.43. The average molecular weight is 486 g/mol. The van der Waals surface area contributed by atoms with Crippen molar-refractivity contribution in [3.8, 4) is 0 Å². The van der Waals surface area contributed by atoms with Crippen molar-refractivity contribution >= 4 is 21.6 Å². The van der Waals surface area contributed by atoms with Gasteiger partial charge in [-0.15, -0.1) is 0 Å². The summed E-state index contributed by atoms with van der Waals surface area (Å²) in [6.07, 6.45) is 5.25. The fraction of sp³-hybridized carbons (Fsp3) is 0.520. The van der Waals surface area contributed by atoms with E-state index in [0.717, 1.165) is 67.9 Å². The van der Waals surface area contributed by atoms with E-state index in [-0.39, 0.29) is 22.9 Å². The lowest BCUT2D eigenvalue weighted by atomic mass is 9.77. The number of carbonyl (C=O) groups is 1. The lowest BCUT2D eigenvalue weighted by Gasteiger charge is -2.40. The molecule has 3 aliphatic heterocycles. The minimum absolute atomic E-state index is 0.236. The Balaban J connectivity index is 1.18. The number of pyridine rings is 1. The third-order valence-electron chi connectivity index (χ3n) is 7.83. The molecule has 182 valence electrons. The summed E-state index contributed by atoms with van der Waals surface area (Å²) in [7, 11) is -3.24. The maximum atomic E-state index is 11.8. The Kier molecular flexibility index (Phi) is 5.90. The summed E-state index contributed by atoms with van der Waals surface area (Å²) in [5, 5.41) is 11.0. The van der Waals surface area contributed by atoms with Crippen LogP contribution in [0.1, 0.15) is 52.4 Å². The second-order valence-corrected chi connectivity index (χ2v) is 12.0. The summed E-state index contributed by atoms with van der Waals surface area (Å²) in [5.41, 5.74) is 3.56. The second-order valence-electron chi connectivity index (χ2n) is 9.99. The van der Waals surface area contributed by atoms with E-state index in [1.165, 1.54) is 12.5 Å². The molecule has 0 amide bonds. The zero-order valence-electron chi connectivity index (χ0n) is 19.7. The molecule has 1 aromatic heterocycles. The number of aromatic nitrogens is 1. The molecule has 1 atom stereocenters. The van der Waals surface area contributed by atoms with Gasteiger partial charge in [-0.05, 0) is 74.0 Å². The minimum Gasteiger partial charge on any atom is -0.457 e. The Hall–Kier alpha value is -2.49. The first-order valence-corrected chi connectivity index (χ1v) is 13.7. The van der Waals surface area contributed by atoms with Crippen molar-refractivity contribution in [3.63, 3.8) is 0 Å². The van der Waals surface area contributed by atoms with Crippen LogP contribution in [0, 0.1) is 12.3 Å². The van der Waals surface area contributed by atoms with Crippen LogP contribution in [0.15, 0.2) is 35.4 Å². The number of anilines is 1. The van der Waals surface area contributed by atoms with Crippen LogP contribution in [0.4, 0.5) is 5.82 Å². The molecule has 1 aromatic carbocycles. The maximum Gasteiger partial charge on any atom is 0.338 e. The topological polar surface area (TPSA) is 100 Å². The molecule has 0 radical (unpaired) electrons. The molecule has 0 aliphatic carbocycles. The number of esters is 1. The summed E-state index contributed by atoms with van der Waals surface area (Å²) in [6.45, 7) is 6.51. The average Bonchev–Trinajstić information content (AvgIpc) is 3.40. The van der Waals surface area contributed by atoms with Crippen LogP contribution < -0.4 is 4.90 Å². The van der Waals surface area contributed by atoms with Gasteiger partial charge in [-0.1, -0.05) is 6.07 Å². The molecule has 34 heavy (non-hydrogen) atoms. The molecule has 2 aromatic rings. The largest absolute Gasteiger partial charge is 0.457 e. The van der Waals surface area contributed by atoms with Gasteiger partial charge in [0, 0.05) is 37.7 Å². The van der Waals surface area contributed by atoms with Gasteiger partial charge in [0.25, 0.3) is 0 Å². The number of aliphatic hydroxyl groups excluding tert-OH is 1. The Morgan fingerprint density at radius 3 is 2.56 bits per heavy atom. The van der Waals surface area contributed by atoms with Gasteiger partial charge in [-0.25, -0.2) is 18.2 Å². The van der Waals surface area contributed by atoms with Crippen molar-refractivity contribution in [2.45, 2.75) is 43.8 Å². The predicted molar refractivity (Wildman–Crippen MR) is 128 cm³/mol. The van der Waals surface area contributed by atoms with Crippen molar-refractivity contribution in [1.82, 2.24) is 9.88 Å². The van der Waals surface area contributed by atoms with E-state index >= 15 is 0 Å². The number of likely N-dealkylation sites (tertiary alicyclic amines) is 1. The minimum atomic E-state index is -3.24. The molecule has 1 N–H and O–H groups in total. The third kappa shape index (κ3) is 4.32. The summed E-state index contributed by atoms with van der Waals surface area (Å²) in [4.78, 5) is 21.0. The number of carbonyl (C=O) groups excluding carboxylic acids is 1. The van der Waals surface area contributed by atoms with Crippen LogP contribution in [-0.2, 0) is 21.2 Å². The summed E-state index contributed by atoms with van der Waals surface area (Å²) < 4.78 is 28.5. The molecule has 0 unspecified atom stereocenters. The van der Waals surface area contributed by atoms with E-state index < -0.39 is 15.9 Å². The second kappa shape index (κ2) is 8.62. The highest BCUT2D eigenvalue weighted by Gasteiger charge is 2.41. The van der Waals surface area contributed by atoms with E-state index in [1.54, 1.807) is 18.2 Å². The molecule has 2 fully saturated rings. The van der Waals surface area contributed by atoms with Crippen LogP contribution in [0.25, 0.3) is 0 Å². The van der Waals surface area contributed by atoms with Gasteiger partial charge >= 0.3 is 5.97 Å². The number of β-amino-alcohol motifs (C(OH)–C–C–N with tert-alkyl or cyclic N) is 1. The van der Waals surface area contributed by atoms with E-state index in [4.69, 9.17) is 4.74 Å². The number of cyclic esters (lactones) is 1. The van der Waals surface area contributed by atoms with Crippen LogP contribution in [0.5, 0.6) is 0 Å². The molecular formula is C25H31N3O5S. The van der Waals surface area contributed by atoms with Crippen LogP contribution in [0.2, 0.25) is 0 Å². The van der Waals surface area contributed by atoms with Crippen LogP contribution in [-0.4, -0.2) is 68.4 Å². The highest BCUT2D eigenvalue weighted by Crippen LogP contribution is 2.42. The number of nitrogens with zero attached hydrogens (tertiary/aromatic N) is 3. The van der Waals surface area contributed by atoms with Gasteiger partial charge in [0.2, 0.25) is 0 Å². The zero-order chi connectivity index (χ0) is 24.1. The number of hydrogen-bond acceptors (Lipinski definition) is 8. The molecule has 1 spiro atoms. The van der Waals surface area contributed by atoms with Crippen LogP contribution in [0.3, 0.4) is 0 Å². The summed E-state index contributed by atoms with van der Waals surface area (Å²) in [6, 6.07) is 7.06. The zero-order valence-corrected chi connectivity index (χ0v) is 20.5. The Bertz CT molecular complexity index is 1200. The Labute approximate surface area is 200 Å². The van der Waals surface area contributed by atoms with Crippen molar-refractivity contribution in [2.75, 3.05) is 43.9 Å². The number of rotatable bonds is 5. The van der Waals surface area contributed by atoms with Gasteiger partial charge < -0.3 is 19.6 Å². The fourth-order valence-electron chi connectivity index (χ4n) is 5.60. The first-order chi connectivity index (χ1) is 16.2. The molecule has 2 saturated heterocycles. The molecule has 8 nitrogen and oxygen atoms in total. The third-order valence-corrected chi connectivity index (χ3v) is 8.92. The SMILES string of the molecule is Cc1c([C@H](O)CN2CCC3(CC2)CCN(c2ccc(S(C)(=O)=O)cn2)C3)ccc2c1COC2=O. The van der Waals surface area contributed by atoms with Crippen molar-refractivity contribution in [2.24, 2.45) is 5.41 Å². The fourth-order valence-corrected chi connectivity index (χ4v) is 6.16. The van der Waals surface area contributed by atoms with Crippen LogP contribution >= 0.6 is 0 Å². The quantitative estimate of drug-likeness (QED) is 0.645. The van der Waals surface area contributed by atoms with Crippen molar-refractivity contribution < 1.29 is 23.1 Å². The highest BCUT2D eigenvalue weighted by atomic mass is 32.2. The molecule has 4 heterocycles. The number of hydrogen-bond donors (Lipinski definition) is 1. The van der Waals surface area contributed by atoms with Gasteiger partial charge in [0.1, 0.15) is 12.4 Å². The number of sulfone groups is 1. The first kappa shape index (κ1) is 23.3. The number of benzene rings is 1. The summed E-state index contributed by atoms with van der Waals surface area (Å²) >= 11 is 0. The van der Waals surface area contributed by atoms with Gasteiger partial charge in [-0.2, -0.15) is 0 Å². The number of aliphatic hydroxyl groups is 1. The molecule has 0 bridgehead atoms. The van der Waals surface area contributed by atoms with E-state index in [9.17, 15) is 18.3 Å². The maximum absolute atomic E-state index is 11.8. The number of piperidine rings is 1. The van der Waals surface area contributed by atoms with Crippen molar-refractivity contribution in [1.29, 1.82) is 0 Å². The summed E-state index contributed by atoms with van der Waals surface area (Å²) in [5.74, 6) is 0.546. The Morgan fingerprint density at radius 1 is 1.15 bits per heavy atom.